The van der Waals surface area contributed by atoms with Crippen molar-refractivity contribution in [1.29, 1.82) is 0 Å². The molecular weight excluding hydrogens is 254 g/mol. The highest BCUT2D eigenvalue weighted by molar-refractivity contribution is 5.94. The summed E-state index contributed by atoms with van der Waals surface area (Å²) in [5.41, 5.74) is 0. The van der Waals surface area contributed by atoms with Gasteiger partial charge < -0.3 is 19.7 Å². The van der Waals surface area contributed by atoms with E-state index in [1.54, 1.807) is 0 Å². The van der Waals surface area contributed by atoms with Crippen molar-refractivity contribution in [2.75, 3.05) is 38.8 Å². The first-order chi connectivity index (χ1) is 9.78. The number of hydrogen-bond donors (Lipinski definition) is 1. The van der Waals surface area contributed by atoms with Crippen LogP contribution in [-0.4, -0.2) is 43.4 Å². The number of ether oxygens (including phenoxy) is 2. The van der Waals surface area contributed by atoms with Crippen LogP contribution in [0.25, 0.3) is 10.8 Å². The van der Waals surface area contributed by atoms with Crippen LogP contribution in [0.5, 0.6) is 11.5 Å². The largest absolute Gasteiger partial charge is 0.454 e. The first-order valence-corrected chi connectivity index (χ1v) is 6.88. The first kappa shape index (κ1) is 13.0. The maximum Gasteiger partial charge on any atom is 0.231 e. The molecule has 1 aromatic heterocycles. The van der Waals surface area contributed by atoms with E-state index in [2.05, 4.69) is 29.2 Å². The van der Waals surface area contributed by atoms with Gasteiger partial charge in [-0.3, -0.25) is 0 Å². The summed E-state index contributed by atoms with van der Waals surface area (Å²) in [6.07, 6.45) is 1.82. The fraction of sp³-hybridized carbons (Fsp3) is 0.400. The van der Waals surface area contributed by atoms with E-state index in [4.69, 9.17) is 9.47 Å². The van der Waals surface area contributed by atoms with Gasteiger partial charge >= 0.3 is 0 Å². The molecule has 0 spiro atoms. The molecule has 2 aromatic rings. The standard InChI is InChI=1S/C15H19N3O2/c1-3-18(2)7-6-17-15-12-9-14-13(19-10-20-14)8-11(12)4-5-16-15/h4-5,8-9H,3,6-7,10H2,1-2H3,(H,16,17). The number of nitrogens with one attached hydrogen (secondary N) is 1. The number of likely N-dealkylation sites (N-methyl/N-ethyl adjacent to an activating group) is 1. The Hall–Kier alpha value is -2.01. The summed E-state index contributed by atoms with van der Waals surface area (Å²) in [6, 6.07) is 5.99. The summed E-state index contributed by atoms with van der Waals surface area (Å²) in [6.45, 7) is 5.34. The van der Waals surface area contributed by atoms with Crippen LogP contribution >= 0.6 is 0 Å². The van der Waals surface area contributed by atoms with E-state index in [0.717, 1.165) is 47.7 Å². The Kier molecular flexibility index (Phi) is 3.60. The summed E-state index contributed by atoms with van der Waals surface area (Å²) in [4.78, 5) is 6.69. The highest BCUT2D eigenvalue weighted by atomic mass is 16.7. The molecule has 0 amide bonds. The van der Waals surface area contributed by atoms with Crippen LogP contribution in [0.2, 0.25) is 0 Å². The zero-order valence-electron chi connectivity index (χ0n) is 11.8. The number of rotatable bonds is 5. The van der Waals surface area contributed by atoms with Gasteiger partial charge in [-0.2, -0.15) is 0 Å². The molecule has 0 aliphatic carbocycles. The number of aromatic nitrogens is 1. The smallest absolute Gasteiger partial charge is 0.231 e. The molecule has 5 heteroatoms. The van der Waals surface area contributed by atoms with Crippen LogP contribution in [0.4, 0.5) is 5.82 Å². The van der Waals surface area contributed by atoms with Crippen LogP contribution in [0, 0.1) is 0 Å². The van der Waals surface area contributed by atoms with Crippen molar-refractivity contribution in [3.05, 3.63) is 24.4 Å². The van der Waals surface area contributed by atoms with Crippen molar-refractivity contribution < 1.29 is 9.47 Å². The number of nitrogens with zero attached hydrogens (tertiary/aromatic N) is 2. The predicted molar refractivity (Wildman–Crippen MR) is 79.5 cm³/mol. The second kappa shape index (κ2) is 5.54. The van der Waals surface area contributed by atoms with Gasteiger partial charge in [-0.1, -0.05) is 6.92 Å². The normalized spacial score (nSPS) is 13.2. The molecule has 0 atom stereocenters. The second-order valence-electron chi connectivity index (χ2n) is 4.91. The molecule has 1 N–H and O–H groups in total. The van der Waals surface area contributed by atoms with Crippen LogP contribution in [0.15, 0.2) is 24.4 Å². The van der Waals surface area contributed by atoms with Crippen molar-refractivity contribution in [2.45, 2.75) is 6.92 Å². The van der Waals surface area contributed by atoms with Gasteiger partial charge in [0.15, 0.2) is 11.5 Å². The van der Waals surface area contributed by atoms with Crippen molar-refractivity contribution in [1.82, 2.24) is 9.88 Å². The van der Waals surface area contributed by atoms with Crippen LogP contribution in [0.1, 0.15) is 6.92 Å². The summed E-state index contributed by atoms with van der Waals surface area (Å²) < 4.78 is 10.8. The van der Waals surface area contributed by atoms with Gasteiger partial charge in [-0.15, -0.1) is 0 Å². The third-order valence-corrected chi connectivity index (χ3v) is 3.58. The van der Waals surface area contributed by atoms with Gasteiger partial charge in [-0.25, -0.2) is 4.98 Å². The Morgan fingerprint density at radius 1 is 1.30 bits per heavy atom. The molecular formula is C15H19N3O2. The lowest BCUT2D eigenvalue weighted by atomic mass is 10.1. The third kappa shape index (κ3) is 2.49. The molecule has 0 fully saturated rings. The van der Waals surface area contributed by atoms with E-state index >= 15 is 0 Å². The monoisotopic (exact) mass is 273 g/mol. The molecule has 0 saturated heterocycles. The predicted octanol–water partition coefficient (Wildman–Crippen LogP) is 2.33. The molecule has 1 aliphatic heterocycles. The quantitative estimate of drug-likeness (QED) is 0.906. The zero-order valence-corrected chi connectivity index (χ0v) is 11.8. The molecule has 3 rings (SSSR count). The minimum Gasteiger partial charge on any atom is -0.454 e. The number of hydrogen-bond acceptors (Lipinski definition) is 5. The Morgan fingerprint density at radius 2 is 2.10 bits per heavy atom. The van der Waals surface area contributed by atoms with Crippen LogP contribution in [-0.2, 0) is 0 Å². The summed E-state index contributed by atoms with van der Waals surface area (Å²) in [5.74, 6) is 2.49. The lowest BCUT2D eigenvalue weighted by Gasteiger charge is -2.15. The van der Waals surface area contributed by atoms with Crippen molar-refractivity contribution in [3.8, 4) is 11.5 Å². The van der Waals surface area contributed by atoms with E-state index in [-0.39, 0.29) is 0 Å². The highest BCUT2D eigenvalue weighted by Crippen LogP contribution is 2.37. The van der Waals surface area contributed by atoms with Crippen LogP contribution < -0.4 is 14.8 Å². The Morgan fingerprint density at radius 3 is 2.90 bits per heavy atom. The number of anilines is 1. The van der Waals surface area contributed by atoms with Gasteiger partial charge in [0.2, 0.25) is 6.79 Å². The number of benzene rings is 1. The lowest BCUT2D eigenvalue weighted by Crippen LogP contribution is -2.24. The molecule has 0 bridgehead atoms. The fourth-order valence-electron chi connectivity index (χ4n) is 2.23. The maximum atomic E-state index is 5.44. The zero-order chi connectivity index (χ0) is 13.9. The van der Waals surface area contributed by atoms with E-state index in [1.807, 2.05) is 24.4 Å². The lowest BCUT2D eigenvalue weighted by molar-refractivity contribution is 0.174. The first-order valence-electron chi connectivity index (χ1n) is 6.88. The van der Waals surface area contributed by atoms with Crippen LogP contribution in [0.3, 0.4) is 0 Å². The molecule has 1 aromatic carbocycles. The third-order valence-electron chi connectivity index (χ3n) is 3.58. The molecule has 0 saturated carbocycles. The topological polar surface area (TPSA) is 46.6 Å². The number of fused-ring (bicyclic) bond motifs is 2. The molecule has 0 unspecified atom stereocenters. The second-order valence-corrected chi connectivity index (χ2v) is 4.91. The summed E-state index contributed by atoms with van der Waals surface area (Å²) >= 11 is 0. The van der Waals surface area contributed by atoms with Crippen molar-refractivity contribution in [2.24, 2.45) is 0 Å². The van der Waals surface area contributed by atoms with Gasteiger partial charge in [0, 0.05) is 24.7 Å². The Balaban J connectivity index is 1.84. The van der Waals surface area contributed by atoms with Gasteiger partial charge in [0.05, 0.1) is 0 Å². The SMILES string of the molecule is CCN(C)CCNc1nccc2cc3c(cc12)OCO3. The molecule has 20 heavy (non-hydrogen) atoms. The van der Waals surface area contributed by atoms with Gasteiger partial charge in [0.25, 0.3) is 0 Å². The minimum atomic E-state index is 0.295. The minimum absolute atomic E-state index is 0.295. The van der Waals surface area contributed by atoms with E-state index in [0.29, 0.717) is 6.79 Å². The number of pyridine rings is 1. The fourth-order valence-corrected chi connectivity index (χ4v) is 2.23. The average molecular weight is 273 g/mol. The molecule has 2 heterocycles. The van der Waals surface area contributed by atoms with Crippen molar-refractivity contribution in [3.63, 3.8) is 0 Å². The van der Waals surface area contributed by atoms with Gasteiger partial charge in [-0.05, 0) is 37.2 Å². The van der Waals surface area contributed by atoms with E-state index < -0.39 is 0 Å². The molecule has 0 radical (unpaired) electrons. The Bertz CT molecular complexity index is 615. The molecule has 1 aliphatic rings. The highest BCUT2D eigenvalue weighted by Gasteiger charge is 2.15. The Labute approximate surface area is 118 Å². The summed E-state index contributed by atoms with van der Waals surface area (Å²) in [5, 5.41) is 5.57. The van der Waals surface area contributed by atoms with E-state index in [9.17, 15) is 0 Å². The average Bonchev–Trinajstić information content (AvgIpc) is 2.92. The summed E-state index contributed by atoms with van der Waals surface area (Å²) in [7, 11) is 2.11. The van der Waals surface area contributed by atoms with E-state index in [1.165, 1.54) is 0 Å². The molecule has 106 valence electrons. The van der Waals surface area contributed by atoms with Gasteiger partial charge in [0.1, 0.15) is 5.82 Å². The van der Waals surface area contributed by atoms with Crippen molar-refractivity contribution >= 4 is 16.6 Å². The maximum absolute atomic E-state index is 5.44. The molecule has 5 nitrogen and oxygen atoms in total.